The lowest BCUT2D eigenvalue weighted by Gasteiger charge is -2.18. The van der Waals surface area contributed by atoms with Crippen LogP contribution in [0.5, 0.6) is 0 Å². The number of alkyl carbamates (subject to hydrolysis) is 1. The third-order valence-electron chi connectivity index (χ3n) is 5.10. The molecule has 37 heavy (non-hydrogen) atoms. The van der Waals surface area contributed by atoms with Crippen LogP contribution in [0.15, 0.2) is 36.7 Å². The number of carbonyl (C=O) groups is 2. The van der Waals surface area contributed by atoms with E-state index in [-0.39, 0.29) is 0 Å². The van der Waals surface area contributed by atoms with E-state index < -0.39 is 25.9 Å². The van der Waals surface area contributed by atoms with Crippen LogP contribution < -0.4 is 16.4 Å². The van der Waals surface area contributed by atoms with E-state index in [4.69, 9.17) is 20.2 Å². The van der Waals surface area contributed by atoms with E-state index in [1.54, 1.807) is 18.3 Å². The minimum Gasteiger partial charge on any atom is -0.453 e. The maximum Gasteiger partial charge on any atom is 0.411 e. The Bertz CT molecular complexity index is 1090. The van der Waals surface area contributed by atoms with Crippen LogP contribution >= 0.6 is 0 Å². The van der Waals surface area contributed by atoms with Crippen molar-refractivity contribution < 1.29 is 23.8 Å². The average molecular weight is 532 g/mol. The van der Waals surface area contributed by atoms with Gasteiger partial charge in [-0.25, -0.2) is 14.6 Å². The Hall–Kier alpha value is -3.31. The SMILES string of the molecule is COC(=O)Nc1ccc(-c2cn(COCC[Si](C)(C)C)c(CCC=CNC(=O)OC(C)(C)C)n2)c(N)c1. The number of anilines is 2. The molecule has 2 amide bonds. The highest BCUT2D eigenvalue weighted by molar-refractivity contribution is 6.76. The smallest absolute Gasteiger partial charge is 0.411 e. The highest BCUT2D eigenvalue weighted by Crippen LogP contribution is 2.28. The summed E-state index contributed by atoms with van der Waals surface area (Å²) in [5.74, 6) is 0.834. The predicted octanol–water partition coefficient (Wildman–Crippen LogP) is 5.59. The first kappa shape index (κ1) is 29.9. The number of nitrogen functional groups attached to an aromatic ring is 1. The van der Waals surface area contributed by atoms with Gasteiger partial charge in [-0.1, -0.05) is 25.7 Å². The van der Waals surface area contributed by atoms with Gasteiger partial charge in [0.1, 0.15) is 18.2 Å². The largest absolute Gasteiger partial charge is 0.453 e. The molecule has 10 nitrogen and oxygen atoms in total. The number of nitrogens with one attached hydrogen (secondary N) is 2. The molecule has 0 saturated heterocycles. The Kier molecular flexibility index (Phi) is 10.7. The molecule has 1 heterocycles. The second kappa shape index (κ2) is 13.3. The number of allylic oxidation sites excluding steroid dienone is 1. The molecule has 0 saturated carbocycles. The highest BCUT2D eigenvalue weighted by atomic mass is 28.3. The Balaban J connectivity index is 2.13. The maximum atomic E-state index is 11.8. The first-order chi connectivity index (χ1) is 17.3. The quantitative estimate of drug-likeness (QED) is 0.196. The molecular weight excluding hydrogens is 490 g/mol. The van der Waals surface area contributed by atoms with Crippen LogP contribution in [0.4, 0.5) is 21.0 Å². The molecule has 0 bridgehead atoms. The second-order valence-electron chi connectivity index (χ2n) is 10.9. The van der Waals surface area contributed by atoms with E-state index in [0.717, 1.165) is 17.4 Å². The van der Waals surface area contributed by atoms with Crippen molar-refractivity contribution in [2.24, 2.45) is 0 Å². The lowest BCUT2D eigenvalue weighted by Crippen LogP contribution is -2.29. The van der Waals surface area contributed by atoms with Crippen LogP contribution in [0.25, 0.3) is 11.3 Å². The average Bonchev–Trinajstić information content (AvgIpc) is 3.17. The Morgan fingerprint density at radius 2 is 1.92 bits per heavy atom. The number of methoxy groups -OCH3 is 1. The number of benzene rings is 1. The molecule has 0 aliphatic rings. The summed E-state index contributed by atoms with van der Waals surface area (Å²) in [5.41, 5.74) is 8.20. The van der Waals surface area contributed by atoms with E-state index >= 15 is 0 Å². The van der Waals surface area contributed by atoms with Gasteiger partial charge in [0.15, 0.2) is 0 Å². The molecule has 0 unspecified atom stereocenters. The summed E-state index contributed by atoms with van der Waals surface area (Å²) in [7, 11) is 0.104. The molecule has 0 aliphatic carbocycles. The fourth-order valence-corrected chi connectivity index (χ4v) is 3.97. The first-order valence-corrected chi connectivity index (χ1v) is 16.0. The van der Waals surface area contributed by atoms with Crippen LogP contribution in [0.2, 0.25) is 25.7 Å². The van der Waals surface area contributed by atoms with Crippen molar-refractivity contribution in [2.45, 2.75) is 71.6 Å². The summed E-state index contributed by atoms with van der Waals surface area (Å²) >= 11 is 0. The zero-order valence-electron chi connectivity index (χ0n) is 23.0. The fraction of sp³-hybridized carbons (Fsp3) is 0.500. The topological polar surface area (TPSA) is 130 Å². The molecule has 0 aliphatic heterocycles. The number of hydrogen-bond acceptors (Lipinski definition) is 7. The third-order valence-corrected chi connectivity index (χ3v) is 6.80. The van der Waals surface area contributed by atoms with Crippen LogP contribution in [0.1, 0.15) is 33.0 Å². The standard InChI is InChI=1S/C26H41N5O5Si/c1-26(2,3)36-24(32)28-13-9-8-10-23-30-22(17-31(23)18-35-14-15-37(5,6)7)20-12-11-19(16-21(20)27)29-25(33)34-4/h9,11-13,16-17H,8,10,14-15,18,27H2,1-7H3,(H,28,32)(H,29,33). The normalized spacial score (nSPS) is 12.0. The minimum absolute atomic E-state index is 0.384. The van der Waals surface area contributed by atoms with Gasteiger partial charge in [0.05, 0.1) is 12.8 Å². The number of aromatic nitrogens is 2. The zero-order chi connectivity index (χ0) is 27.6. The minimum atomic E-state index is -1.20. The molecule has 0 radical (unpaired) electrons. The summed E-state index contributed by atoms with van der Waals surface area (Å²) < 4.78 is 17.8. The number of imidazole rings is 1. The zero-order valence-corrected chi connectivity index (χ0v) is 24.0. The van der Waals surface area contributed by atoms with E-state index in [0.29, 0.717) is 43.2 Å². The van der Waals surface area contributed by atoms with E-state index in [1.807, 2.05) is 43.7 Å². The summed E-state index contributed by atoms with van der Waals surface area (Å²) in [6.45, 7) is 13.5. The van der Waals surface area contributed by atoms with Gasteiger partial charge in [-0.05, 0) is 51.4 Å². The monoisotopic (exact) mass is 531 g/mol. The van der Waals surface area contributed by atoms with E-state index in [1.165, 1.54) is 7.11 Å². The number of hydrogen-bond donors (Lipinski definition) is 3. The van der Waals surface area contributed by atoms with Crippen LogP contribution in [0.3, 0.4) is 0 Å². The fourth-order valence-electron chi connectivity index (χ4n) is 3.21. The van der Waals surface area contributed by atoms with Crippen molar-refractivity contribution in [3.05, 3.63) is 42.5 Å². The number of rotatable bonds is 11. The number of nitrogens with zero attached hydrogens (tertiary/aromatic N) is 2. The summed E-state index contributed by atoms with van der Waals surface area (Å²) in [4.78, 5) is 28.1. The van der Waals surface area contributed by atoms with Gasteiger partial charge in [0, 0.05) is 50.4 Å². The van der Waals surface area contributed by atoms with Crippen molar-refractivity contribution in [3.8, 4) is 11.3 Å². The van der Waals surface area contributed by atoms with Gasteiger partial charge in [0.2, 0.25) is 0 Å². The van der Waals surface area contributed by atoms with E-state index in [2.05, 4.69) is 35.0 Å². The molecular formula is C26H41N5O5Si. The molecule has 0 atom stereocenters. The van der Waals surface area contributed by atoms with Gasteiger partial charge in [-0.15, -0.1) is 0 Å². The van der Waals surface area contributed by atoms with Crippen LogP contribution in [0, 0.1) is 0 Å². The van der Waals surface area contributed by atoms with Gasteiger partial charge in [0.25, 0.3) is 0 Å². The van der Waals surface area contributed by atoms with Crippen molar-refractivity contribution in [1.82, 2.24) is 14.9 Å². The van der Waals surface area contributed by atoms with Crippen LogP contribution in [-0.4, -0.2) is 49.1 Å². The highest BCUT2D eigenvalue weighted by Gasteiger charge is 2.16. The molecule has 1 aromatic carbocycles. The molecule has 204 valence electrons. The number of amides is 2. The van der Waals surface area contributed by atoms with E-state index in [9.17, 15) is 9.59 Å². The molecule has 2 aromatic rings. The maximum absolute atomic E-state index is 11.8. The Labute approximate surface area is 220 Å². The van der Waals surface area contributed by atoms with Crippen molar-refractivity contribution in [3.63, 3.8) is 0 Å². The molecule has 2 rings (SSSR count). The number of ether oxygens (including phenoxy) is 3. The number of nitrogens with two attached hydrogens (primary N) is 1. The third kappa shape index (κ3) is 11.1. The van der Waals surface area contributed by atoms with Gasteiger partial charge < -0.3 is 24.5 Å². The Morgan fingerprint density at radius 1 is 1.19 bits per heavy atom. The molecule has 4 N–H and O–H groups in total. The van der Waals surface area contributed by atoms with Crippen molar-refractivity contribution >= 4 is 31.6 Å². The van der Waals surface area contributed by atoms with Crippen molar-refractivity contribution in [2.75, 3.05) is 24.8 Å². The summed E-state index contributed by atoms with van der Waals surface area (Å²) in [5, 5.41) is 5.22. The number of carbonyl (C=O) groups excluding carboxylic acids is 2. The molecule has 1 aromatic heterocycles. The lowest BCUT2D eigenvalue weighted by atomic mass is 10.1. The van der Waals surface area contributed by atoms with Crippen molar-refractivity contribution in [1.29, 1.82) is 0 Å². The molecule has 0 fully saturated rings. The molecule has 0 spiro atoms. The lowest BCUT2D eigenvalue weighted by molar-refractivity contribution is 0.0552. The van der Waals surface area contributed by atoms with Gasteiger partial charge in [-0.2, -0.15) is 0 Å². The number of aryl methyl sites for hydroxylation is 1. The van der Waals surface area contributed by atoms with Gasteiger partial charge >= 0.3 is 12.2 Å². The van der Waals surface area contributed by atoms with Crippen LogP contribution in [-0.2, 0) is 27.4 Å². The Morgan fingerprint density at radius 3 is 2.54 bits per heavy atom. The second-order valence-corrected chi connectivity index (χ2v) is 16.5. The summed E-state index contributed by atoms with van der Waals surface area (Å²) in [6, 6.07) is 6.30. The summed E-state index contributed by atoms with van der Waals surface area (Å²) in [6.07, 6.45) is 5.58. The first-order valence-electron chi connectivity index (χ1n) is 12.3. The molecule has 11 heteroatoms. The van der Waals surface area contributed by atoms with Gasteiger partial charge in [-0.3, -0.25) is 10.6 Å². The predicted molar refractivity (Wildman–Crippen MR) is 149 cm³/mol.